The van der Waals surface area contributed by atoms with Crippen LogP contribution < -0.4 is 0 Å². The van der Waals surface area contributed by atoms with Crippen LogP contribution in [-0.2, 0) is 0 Å². The molecule has 1 nitrogen and oxygen atoms in total. The molecule has 28 heavy (non-hydrogen) atoms. The van der Waals surface area contributed by atoms with E-state index >= 15 is 0 Å². The molecule has 0 aromatic heterocycles. The van der Waals surface area contributed by atoms with Crippen molar-refractivity contribution >= 4 is 24.1 Å². The summed E-state index contributed by atoms with van der Waals surface area (Å²) in [7, 11) is 2.30. The van der Waals surface area contributed by atoms with E-state index in [1.165, 1.54) is 38.5 Å². The summed E-state index contributed by atoms with van der Waals surface area (Å²) in [6, 6.07) is 22.8. The molecule has 2 fully saturated rings. The van der Waals surface area contributed by atoms with Crippen molar-refractivity contribution in [1.82, 2.24) is 4.35 Å². The zero-order valence-electron chi connectivity index (χ0n) is 17.7. The van der Waals surface area contributed by atoms with Gasteiger partial charge in [-0.25, -0.2) is 0 Å². The summed E-state index contributed by atoms with van der Waals surface area (Å²) in [6.45, 7) is 4.86. The molecule has 4 heteroatoms. The first-order valence-corrected chi connectivity index (χ1v) is 14.0. The van der Waals surface area contributed by atoms with Gasteiger partial charge in [-0.3, -0.25) is 0 Å². The fraction of sp³-hybridized carbons (Fsp3) is 0.500. The van der Waals surface area contributed by atoms with Crippen molar-refractivity contribution in [2.24, 2.45) is 0 Å². The first-order chi connectivity index (χ1) is 13.7. The minimum Gasteiger partial charge on any atom is -0.306 e. The van der Waals surface area contributed by atoms with Crippen molar-refractivity contribution in [3.63, 3.8) is 0 Å². The molecule has 0 unspecified atom stereocenters. The molecule has 0 saturated carbocycles. The monoisotopic (exact) mass is 409 g/mol. The van der Waals surface area contributed by atoms with Crippen molar-refractivity contribution in [3.8, 4) is 0 Å². The summed E-state index contributed by atoms with van der Waals surface area (Å²) in [5, 5.41) is 0. The van der Waals surface area contributed by atoms with Crippen LogP contribution in [0.3, 0.4) is 0 Å². The van der Waals surface area contributed by atoms with E-state index in [2.05, 4.69) is 86.8 Å². The van der Waals surface area contributed by atoms with Gasteiger partial charge in [0.25, 0.3) is 0 Å². The normalized spacial score (nSPS) is 29.0. The topological polar surface area (TPSA) is 3.24 Å². The third-order valence-electron chi connectivity index (χ3n) is 6.91. The highest BCUT2D eigenvalue weighted by Crippen LogP contribution is 2.78. The van der Waals surface area contributed by atoms with Crippen LogP contribution in [0, 0.1) is 0 Å². The Labute approximate surface area is 175 Å². The Morgan fingerprint density at radius 3 is 1.54 bits per heavy atom. The SMILES string of the molecule is BN(P1[C@H](CC)CC[C@H]1CC)P1[C@H](c2ccccc2)CC[C@H]1c1ccccc1. The van der Waals surface area contributed by atoms with E-state index in [1.54, 1.807) is 11.1 Å². The second-order valence-electron chi connectivity index (χ2n) is 8.38. The van der Waals surface area contributed by atoms with Crippen LogP contribution in [0.5, 0.6) is 0 Å². The van der Waals surface area contributed by atoms with Crippen LogP contribution in [0.2, 0.25) is 0 Å². The van der Waals surface area contributed by atoms with E-state index in [0.717, 1.165) is 22.6 Å². The molecular weight excluding hydrogens is 375 g/mol. The first kappa shape index (κ1) is 20.6. The highest BCUT2D eigenvalue weighted by Gasteiger charge is 2.45. The zero-order valence-corrected chi connectivity index (χ0v) is 19.5. The first-order valence-electron chi connectivity index (χ1n) is 11.1. The maximum atomic E-state index is 2.99. The average molecular weight is 409 g/mol. The number of benzene rings is 2. The molecule has 4 atom stereocenters. The maximum Gasteiger partial charge on any atom is 0.195 e. The quantitative estimate of drug-likeness (QED) is 0.359. The number of hydrogen-bond acceptors (Lipinski definition) is 1. The Morgan fingerprint density at radius 1 is 0.714 bits per heavy atom. The standard InChI is InChI=1S/C24H34BNP2/c1-3-21-15-16-22(4-2)27(21)26(25)28-23(19-11-7-5-8-12-19)17-18-24(28)20-13-9-6-10-14-20/h5-14,21-24H,3-4,15-18,25H2,1-2H3/t21-,22-,23+,24+/m1/s1. The molecule has 0 spiro atoms. The molecule has 4 rings (SSSR count). The van der Waals surface area contributed by atoms with Crippen LogP contribution in [-0.4, -0.2) is 23.7 Å². The molecule has 2 aromatic carbocycles. The molecular formula is C24H34BNP2. The molecule has 0 aliphatic carbocycles. The third-order valence-corrected chi connectivity index (χ3v) is 14.6. The van der Waals surface area contributed by atoms with Crippen molar-refractivity contribution in [2.75, 3.05) is 0 Å². The lowest BCUT2D eigenvalue weighted by molar-refractivity contribution is 0.696. The van der Waals surface area contributed by atoms with Gasteiger partial charge in [-0.15, -0.1) is 0 Å². The molecule has 0 N–H and O–H groups in total. The largest absolute Gasteiger partial charge is 0.306 e. The molecule has 0 bridgehead atoms. The van der Waals surface area contributed by atoms with Gasteiger partial charge >= 0.3 is 0 Å². The van der Waals surface area contributed by atoms with Gasteiger partial charge < -0.3 is 4.35 Å². The van der Waals surface area contributed by atoms with Crippen LogP contribution >= 0.6 is 16.1 Å². The number of nitrogens with zero attached hydrogens (tertiary/aromatic N) is 1. The Balaban J connectivity index is 1.70. The summed E-state index contributed by atoms with van der Waals surface area (Å²) in [6.07, 6.45) is 8.33. The second-order valence-corrected chi connectivity index (χ2v) is 14.1. The predicted molar refractivity (Wildman–Crippen MR) is 129 cm³/mol. The molecule has 2 heterocycles. The van der Waals surface area contributed by atoms with Gasteiger partial charge in [0.05, 0.1) is 0 Å². The Morgan fingerprint density at radius 2 is 1.14 bits per heavy atom. The molecule has 148 valence electrons. The zero-order chi connectivity index (χ0) is 19.5. The van der Waals surface area contributed by atoms with Gasteiger partial charge in [-0.1, -0.05) is 74.5 Å². The molecule has 0 amide bonds. The predicted octanol–water partition coefficient (Wildman–Crippen LogP) is 7.26. The van der Waals surface area contributed by atoms with Gasteiger partial charge in [0.1, 0.15) is 0 Å². The molecule has 2 aliphatic rings. The lowest BCUT2D eigenvalue weighted by Crippen LogP contribution is -2.20. The molecule has 2 saturated heterocycles. The molecule has 2 aromatic rings. The summed E-state index contributed by atoms with van der Waals surface area (Å²) in [4.78, 5) is 0. The highest BCUT2D eigenvalue weighted by molar-refractivity contribution is 7.73. The van der Waals surface area contributed by atoms with Crippen LogP contribution in [0.4, 0.5) is 0 Å². The van der Waals surface area contributed by atoms with E-state index in [-0.39, 0.29) is 16.1 Å². The lowest BCUT2D eigenvalue weighted by Gasteiger charge is -2.43. The molecule has 0 radical (unpaired) electrons. The summed E-state index contributed by atoms with van der Waals surface area (Å²) < 4.78 is 2.99. The summed E-state index contributed by atoms with van der Waals surface area (Å²) in [5.74, 6) is 0. The minimum absolute atomic E-state index is 0.0162. The second kappa shape index (κ2) is 9.42. The van der Waals surface area contributed by atoms with Crippen LogP contribution in [0.25, 0.3) is 0 Å². The maximum absolute atomic E-state index is 2.99. The smallest absolute Gasteiger partial charge is 0.195 e. The van der Waals surface area contributed by atoms with E-state index in [0.29, 0.717) is 0 Å². The average Bonchev–Trinajstić information content (AvgIpc) is 3.38. The lowest BCUT2D eigenvalue weighted by atomic mass is 10.0. The summed E-state index contributed by atoms with van der Waals surface area (Å²) in [5.41, 5.74) is 6.50. The van der Waals surface area contributed by atoms with Crippen molar-refractivity contribution in [1.29, 1.82) is 0 Å². The van der Waals surface area contributed by atoms with E-state index < -0.39 is 0 Å². The fourth-order valence-corrected chi connectivity index (χ4v) is 14.2. The fourth-order valence-electron chi connectivity index (χ4n) is 5.51. The number of rotatable bonds is 6. The van der Waals surface area contributed by atoms with Crippen LogP contribution in [0.1, 0.15) is 74.8 Å². The van der Waals surface area contributed by atoms with Gasteiger partial charge in [0.2, 0.25) is 0 Å². The summed E-state index contributed by atoms with van der Waals surface area (Å²) >= 11 is 0. The van der Waals surface area contributed by atoms with E-state index in [4.69, 9.17) is 0 Å². The Hall–Kier alpha value is -0.675. The van der Waals surface area contributed by atoms with Gasteiger partial charge in [0.15, 0.2) is 7.98 Å². The van der Waals surface area contributed by atoms with E-state index in [1.807, 2.05) is 0 Å². The number of hydrogen-bond donors (Lipinski definition) is 0. The van der Waals surface area contributed by atoms with Crippen molar-refractivity contribution in [3.05, 3.63) is 71.8 Å². The Kier molecular flexibility index (Phi) is 6.93. The minimum atomic E-state index is -0.199. The van der Waals surface area contributed by atoms with Gasteiger partial charge in [-0.05, 0) is 77.1 Å². The van der Waals surface area contributed by atoms with Crippen molar-refractivity contribution < 1.29 is 0 Å². The van der Waals surface area contributed by atoms with Crippen LogP contribution in [0.15, 0.2) is 60.7 Å². The van der Waals surface area contributed by atoms with Crippen molar-refractivity contribution in [2.45, 2.75) is 75.0 Å². The van der Waals surface area contributed by atoms with E-state index in [9.17, 15) is 0 Å². The van der Waals surface area contributed by atoms with Gasteiger partial charge in [-0.2, -0.15) is 0 Å². The molecule has 2 aliphatic heterocycles. The Bertz CT molecular complexity index is 681. The van der Waals surface area contributed by atoms with Gasteiger partial charge in [0, 0.05) is 11.3 Å². The highest BCUT2D eigenvalue weighted by atomic mass is 31.2. The third kappa shape index (κ3) is 3.98.